The second kappa shape index (κ2) is 9.51. The molecule has 2 aromatic rings. The quantitative estimate of drug-likeness (QED) is 0.781. The maximum atomic E-state index is 13.4. The van der Waals surface area contributed by atoms with E-state index in [9.17, 15) is 18.8 Å². The number of nitrogens with zero attached hydrogens (tertiary/aromatic N) is 2. The van der Waals surface area contributed by atoms with Gasteiger partial charge in [-0.25, -0.2) is 4.39 Å². The third-order valence-corrected chi connectivity index (χ3v) is 6.48. The summed E-state index contributed by atoms with van der Waals surface area (Å²) in [5, 5.41) is 3.07. The Kier molecular flexibility index (Phi) is 6.53. The third kappa shape index (κ3) is 4.82. The van der Waals surface area contributed by atoms with Crippen molar-refractivity contribution in [3.63, 3.8) is 0 Å². The SMILES string of the molecule is CC(c1ccccc1)N1CC(C(=O)NC2CCN(C(=O)c3cccc(F)c3)CC2)CC1=O. The molecule has 2 saturated heterocycles. The first-order valence-corrected chi connectivity index (χ1v) is 11.1. The number of benzene rings is 2. The Morgan fingerprint density at radius 1 is 1.06 bits per heavy atom. The van der Waals surface area contributed by atoms with Crippen LogP contribution in [-0.2, 0) is 9.59 Å². The molecule has 0 saturated carbocycles. The van der Waals surface area contributed by atoms with Gasteiger partial charge in [-0.1, -0.05) is 36.4 Å². The summed E-state index contributed by atoms with van der Waals surface area (Å²) in [6.45, 7) is 3.40. The van der Waals surface area contributed by atoms with Gasteiger partial charge in [0.2, 0.25) is 11.8 Å². The van der Waals surface area contributed by atoms with E-state index in [0.717, 1.165) is 5.56 Å². The van der Waals surface area contributed by atoms with Gasteiger partial charge >= 0.3 is 0 Å². The van der Waals surface area contributed by atoms with E-state index in [1.165, 1.54) is 18.2 Å². The Morgan fingerprint density at radius 2 is 1.78 bits per heavy atom. The predicted octanol–water partition coefficient (Wildman–Crippen LogP) is 3.16. The van der Waals surface area contributed by atoms with Crippen LogP contribution in [0.2, 0.25) is 0 Å². The molecule has 0 aromatic heterocycles. The summed E-state index contributed by atoms with van der Waals surface area (Å²) >= 11 is 0. The van der Waals surface area contributed by atoms with E-state index in [0.29, 0.717) is 38.0 Å². The highest BCUT2D eigenvalue weighted by atomic mass is 19.1. The first kappa shape index (κ1) is 22.0. The largest absolute Gasteiger partial charge is 0.353 e. The van der Waals surface area contributed by atoms with Gasteiger partial charge in [-0.2, -0.15) is 0 Å². The molecule has 2 unspecified atom stereocenters. The number of carbonyl (C=O) groups is 3. The van der Waals surface area contributed by atoms with Gasteiger partial charge < -0.3 is 15.1 Å². The summed E-state index contributed by atoms with van der Waals surface area (Å²) in [7, 11) is 0. The number of nitrogens with one attached hydrogen (secondary N) is 1. The molecule has 4 rings (SSSR count). The van der Waals surface area contributed by atoms with Gasteiger partial charge in [0.25, 0.3) is 5.91 Å². The number of hydrogen-bond acceptors (Lipinski definition) is 3. The molecule has 2 heterocycles. The molecule has 1 N–H and O–H groups in total. The maximum Gasteiger partial charge on any atom is 0.253 e. The van der Waals surface area contributed by atoms with E-state index in [-0.39, 0.29) is 42.1 Å². The van der Waals surface area contributed by atoms with Crippen LogP contribution >= 0.6 is 0 Å². The van der Waals surface area contributed by atoms with Crippen LogP contribution in [0.1, 0.15) is 48.1 Å². The molecule has 2 aliphatic rings. The molecule has 32 heavy (non-hydrogen) atoms. The van der Waals surface area contributed by atoms with Gasteiger partial charge in [0.1, 0.15) is 5.82 Å². The maximum absolute atomic E-state index is 13.4. The highest BCUT2D eigenvalue weighted by molar-refractivity contribution is 5.94. The molecule has 168 valence electrons. The van der Waals surface area contributed by atoms with Crippen LogP contribution in [0.25, 0.3) is 0 Å². The van der Waals surface area contributed by atoms with Crippen molar-refractivity contribution in [2.75, 3.05) is 19.6 Å². The number of halogens is 1. The van der Waals surface area contributed by atoms with Gasteiger partial charge in [0.15, 0.2) is 0 Å². The van der Waals surface area contributed by atoms with E-state index in [2.05, 4.69) is 5.32 Å². The van der Waals surface area contributed by atoms with Crippen molar-refractivity contribution in [1.82, 2.24) is 15.1 Å². The Bertz CT molecular complexity index is 989. The number of amides is 3. The third-order valence-electron chi connectivity index (χ3n) is 6.48. The summed E-state index contributed by atoms with van der Waals surface area (Å²) < 4.78 is 13.4. The van der Waals surface area contributed by atoms with E-state index in [1.807, 2.05) is 37.3 Å². The molecule has 0 bridgehead atoms. The second-order valence-corrected chi connectivity index (χ2v) is 8.62. The molecular weight excluding hydrogens is 409 g/mol. The molecular formula is C25H28FN3O3. The lowest BCUT2D eigenvalue weighted by molar-refractivity contribution is -0.130. The fourth-order valence-corrected chi connectivity index (χ4v) is 4.54. The number of likely N-dealkylation sites (tertiary alicyclic amines) is 2. The van der Waals surface area contributed by atoms with Crippen LogP contribution in [0.15, 0.2) is 54.6 Å². The molecule has 2 aromatic carbocycles. The number of rotatable bonds is 5. The average Bonchev–Trinajstić information content (AvgIpc) is 3.21. The van der Waals surface area contributed by atoms with E-state index in [4.69, 9.17) is 0 Å². The summed E-state index contributed by atoms with van der Waals surface area (Å²) in [5.74, 6) is -1.09. The minimum absolute atomic E-state index is 0.00277. The first-order chi connectivity index (χ1) is 15.4. The minimum atomic E-state index is -0.431. The molecule has 3 amide bonds. The van der Waals surface area contributed by atoms with Crippen molar-refractivity contribution in [2.45, 2.75) is 38.3 Å². The first-order valence-electron chi connectivity index (χ1n) is 11.1. The summed E-state index contributed by atoms with van der Waals surface area (Å²) in [4.78, 5) is 41.4. The predicted molar refractivity (Wildman–Crippen MR) is 118 cm³/mol. The lowest BCUT2D eigenvalue weighted by Crippen LogP contribution is -2.48. The average molecular weight is 438 g/mol. The normalized spacial score (nSPS) is 20.3. The molecule has 7 heteroatoms. The number of carbonyl (C=O) groups excluding carboxylic acids is 3. The highest BCUT2D eigenvalue weighted by Crippen LogP contribution is 2.28. The van der Waals surface area contributed by atoms with E-state index in [1.54, 1.807) is 15.9 Å². The molecule has 6 nitrogen and oxygen atoms in total. The van der Waals surface area contributed by atoms with Gasteiger partial charge in [0.05, 0.1) is 12.0 Å². The fourth-order valence-electron chi connectivity index (χ4n) is 4.54. The highest BCUT2D eigenvalue weighted by Gasteiger charge is 2.38. The smallest absolute Gasteiger partial charge is 0.253 e. The Labute approximate surface area is 187 Å². The Morgan fingerprint density at radius 3 is 2.47 bits per heavy atom. The van der Waals surface area contributed by atoms with Crippen molar-refractivity contribution in [1.29, 1.82) is 0 Å². The van der Waals surface area contributed by atoms with Gasteiger partial charge in [-0.3, -0.25) is 14.4 Å². The Balaban J connectivity index is 1.28. The van der Waals surface area contributed by atoms with Crippen LogP contribution in [0.5, 0.6) is 0 Å². The molecule has 0 radical (unpaired) electrons. The van der Waals surface area contributed by atoms with Gasteiger partial charge in [-0.15, -0.1) is 0 Å². The van der Waals surface area contributed by atoms with Gasteiger partial charge in [-0.05, 0) is 43.5 Å². The van der Waals surface area contributed by atoms with Crippen molar-refractivity contribution < 1.29 is 18.8 Å². The zero-order valence-corrected chi connectivity index (χ0v) is 18.2. The van der Waals surface area contributed by atoms with Crippen molar-refractivity contribution in [3.8, 4) is 0 Å². The summed E-state index contributed by atoms with van der Waals surface area (Å²) in [5.41, 5.74) is 1.39. The molecule has 2 aliphatic heterocycles. The summed E-state index contributed by atoms with van der Waals surface area (Å²) in [6.07, 6.45) is 1.50. The van der Waals surface area contributed by atoms with Crippen LogP contribution < -0.4 is 5.32 Å². The van der Waals surface area contributed by atoms with E-state index < -0.39 is 5.82 Å². The lowest BCUT2D eigenvalue weighted by atomic mass is 10.0. The van der Waals surface area contributed by atoms with Crippen LogP contribution in [0, 0.1) is 11.7 Å². The second-order valence-electron chi connectivity index (χ2n) is 8.62. The van der Waals surface area contributed by atoms with Crippen molar-refractivity contribution >= 4 is 17.7 Å². The standard InChI is InChI=1S/C25H28FN3O3/c1-17(18-6-3-2-4-7-18)29-16-20(15-23(29)30)24(31)27-22-10-12-28(13-11-22)25(32)19-8-5-9-21(26)14-19/h2-9,14,17,20,22H,10-13,15-16H2,1H3,(H,27,31). The fraction of sp³-hybridized carbons (Fsp3) is 0.400. The van der Waals surface area contributed by atoms with Crippen LogP contribution in [-0.4, -0.2) is 53.2 Å². The number of hydrogen-bond donors (Lipinski definition) is 1. The molecule has 2 fully saturated rings. The monoisotopic (exact) mass is 437 g/mol. The van der Waals surface area contributed by atoms with Crippen LogP contribution in [0.3, 0.4) is 0 Å². The lowest BCUT2D eigenvalue weighted by Gasteiger charge is -2.33. The van der Waals surface area contributed by atoms with Crippen molar-refractivity contribution in [3.05, 3.63) is 71.5 Å². The van der Waals surface area contributed by atoms with Crippen molar-refractivity contribution in [2.24, 2.45) is 5.92 Å². The molecule has 0 aliphatic carbocycles. The molecule has 0 spiro atoms. The zero-order chi connectivity index (χ0) is 22.7. The van der Waals surface area contributed by atoms with Gasteiger partial charge in [0, 0.05) is 37.7 Å². The topological polar surface area (TPSA) is 69.7 Å². The number of piperidine rings is 1. The zero-order valence-electron chi connectivity index (χ0n) is 18.2. The molecule has 2 atom stereocenters. The van der Waals surface area contributed by atoms with E-state index >= 15 is 0 Å². The van der Waals surface area contributed by atoms with Crippen LogP contribution in [0.4, 0.5) is 4.39 Å². The summed E-state index contributed by atoms with van der Waals surface area (Å²) in [6, 6.07) is 15.4. The Hall–Kier alpha value is -3.22. The minimum Gasteiger partial charge on any atom is -0.353 e.